The van der Waals surface area contributed by atoms with Gasteiger partial charge in [-0.15, -0.1) is 0 Å². The van der Waals surface area contributed by atoms with Gasteiger partial charge in [0.1, 0.15) is 5.69 Å². The second-order valence-electron chi connectivity index (χ2n) is 9.62. The van der Waals surface area contributed by atoms with E-state index in [1.807, 2.05) is 72.9 Å². The molecule has 0 saturated heterocycles. The molecular formula is C31H27N7O2. The molecule has 198 valence electrons. The largest absolute Gasteiger partial charge is 0.349 e. The van der Waals surface area contributed by atoms with Gasteiger partial charge in [-0.2, -0.15) is 0 Å². The first-order valence-corrected chi connectivity index (χ1v) is 13.1. The zero-order valence-electron chi connectivity index (χ0n) is 21.6. The topological polar surface area (TPSA) is 128 Å². The van der Waals surface area contributed by atoms with Crippen molar-refractivity contribution in [3.63, 3.8) is 0 Å². The number of imidazole rings is 2. The van der Waals surface area contributed by atoms with Gasteiger partial charge in [0, 0.05) is 42.0 Å². The number of pyridine rings is 1. The summed E-state index contributed by atoms with van der Waals surface area (Å²) in [6, 6.07) is 25.0. The molecule has 0 aliphatic heterocycles. The van der Waals surface area contributed by atoms with E-state index in [0.717, 1.165) is 39.5 Å². The maximum Gasteiger partial charge on any atom is 0.251 e. The second kappa shape index (κ2) is 11.2. The number of aromatic nitrogens is 5. The van der Waals surface area contributed by atoms with Crippen LogP contribution in [-0.2, 0) is 11.2 Å². The third-order valence-corrected chi connectivity index (χ3v) is 6.76. The van der Waals surface area contributed by atoms with E-state index in [9.17, 15) is 9.59 Å². The van der Waals surface area contributed by atoms with Gasteiger partial charge in [0.15, 0.2) is 5.82 Å². The van der Waals surface area contributed by atoms with Crippen LogP contribution in [0.1, 0.15) is 28.8 Å². The lowest BCUT2D eigenvalue weighted by Crippen LogP contribution is -2.38. The number of aryl methyl sites for hydroxylation is 1. The Bertz CT molecular complexity index is 1780. The van der Waals surface area contributed by atoms with Crippen molar-refractivity contribution < 1.29 is 9.59 Å². The number of rotatable bonds is 9. The van der Waals surface area contributed by atoms with E-state index in [0.29, 0.717) is 23.8 Å². The zero-order chi connectivity index (χ0) is 27.3. The van der Waals surface area contributed by atoms with Crippen molar-refractivity contribution in [1.82, 2.24) is 30.2 Å². The number of hydrogen-bond acceptors (Lipinski definition) is 5. The fourth-order valence-electron chi connectivity index (χ4n) is 4.71. The highest BCUT2D eigenvalue weighted by atomic mass is 16.2. The van der Waals surface area contributed by atoms with Crippen LogP contribution in [0.3, 0.4) is 0 Å². The minimum absolute atomic E-state index is 0.114. The Hall–Kier alpha value is -5.31. The van der Waals surface area contributed by atoms with E-state index in [4.69, 9.17) is 0 Å². The van der Waals surface area contributed by atoms with Gasteiger partial charge in [0.05, 0.1) is 11.0 Å². The molecule has 0 aliphatic carbocycles. The molecule has 0 fully saturated rings. The highest BCUT2D eigenvalue weighted by Crippen LogP contribution is 2.23. The lowest BCUT2D eigenvalue weighted by molar-refractivity contribution is -0.116. The molecule has 3 aromatic carbocycles. The molecule has 0 aliphatic rings. The van der Waals surface area contributed by atoms with Crippen LogP contribution in [0.2, 0.25) is 0 Å². The number of benzene rings is 3. The van der Waals surface area contributed by atoms with Gasteiger partial charge < -0.3 is 15.3 Å². The predicted molar refractivity (Wildman–Crippen MR) is 155 cm³/mol. The summed E-state index contributed by atoms with van der Waals surface area (Å²) < 4.78 is 0. The standard InChI is InChI=1S/C31H27N7O2/c39-28(38-31-32-14-15-33-31)18-24(12-10-20-6-2-1-3-7-20)35-30(40)22-11-13-25-26(17-22)37-29(36-25)27-16-21-8-4-5-9-23(21)19-34-27/h1-9,11,13-17,19,24H,10,12,18H2,(H,35,40)(H,36,37)(H2,32,33,38,39). The van der Waals surface area contributed by atoms with Gasteiger partial charge in [0.25, 0.3) is 5.91 Å². The Balaban J connectivity index is 1.19. The fraction of sp³-hybridized carbons (Fsp3) is 0.129. The van der Waals surface area contributed by atoms with E-state index in [1.165, 1.54) is 0 Å². The summed E-state index contributed by atoms with van der Waals surface area (Å²) in [6.07, 6.45) is 6.47. The van der Waals surface area contributed by atoms with E-state index in [1.54, 1.807) is 24.5 Å². The van der Waals surface area contributed by atoms with Crippen LogP contribution in [0.4, 0.5) is 5.95 Å². The molecule has 0 bridgehead atoms. The average molecular weight is 530 g/mol. The molecule has 6 rings (SSSR count). The molecule has 40 heavy (non-hydrogen) atoms. The Labute approximate surface area is 230 Å². The van der Waals surface area contributed by atoms with Gasteiger partial charge >= 0.3 is 0 Å². The van der Waals surface area contributed by atoms with Crippen LogP contribution < -0.4 is 10.6 Å². The normalized spacial score (nSPS) is 11.9. The monoisotopic (exact) mass is 529 g/mol. The highest BCUT2D eigenvalue weighted by Gasteiger charge is 2.19. The van der Waals surface area contributed by atoms with Crippen molar-refractivity contribution in [2.45, 2.75) is 25.3 Å². The molecule has 9 heteroatoms. The van der Waals surface area contributed by atoms with Crippen molar-refractivity contribution in [1.29, 1.82) is 0 Å². The molecular weight excluding hydrogens is 502 g/mol. The summed E-state index contributed by atoms with van der Waals surface area (Å²) in [5.41, 5.74) is 3.81. The molecule has 1 atom stereocenters. The third-order valence-electron chi connectivity index (χ3n) is 6.76. The minimum atomic E-state index is -0.377. The maximum atomic E-state index is 13.3. The summed E-state index contributed by atoms with van der Waals surface area (Å²) in [5.74, 6) is 0.517. The van der Waals surface area contributed by atoms with Crippen LogP contribution in [0.15, 0.2) is 97.5 Å². The second-order valence-corrected chi connectivity index (χ2v) is 9.62. The first-order valence-electron chi connectivity index (χ1n) is 13.1. The predicted octanol–water partition coefficient (Wildman–Crippen LogP) is 5.26. The molecule has 4 N–H and O–H groups in total. The molecule has 3 heterocycles. The van der Waals surface area contributed by atoms with Gasteiger partial charge in [-0.1, -0.05) is 54.6 Å². The van der Waals surface area contributed by atoms with Crippen LogP contribution in [0, 0.1) is 0 Å². The van der Waals surface area contributed by atoms with Crippen molar-refractivity contribution in [3.05, 3.63) is 109 Å². The average Bonchev–Trinajstić information content (AvgIpc) is 3.65. The van der Waals surface area contributed by atoms with E-state index < -0.39 is 0 Å². The number of carbonyl (C=O) groups excluding carboxylic acids is 2. The molecule has 0 spiro atoms. The lowest BCUT2D eigenvalue weighted by Gasteiger charge is -2.18. The summed E-state index contributed by atoms with van der Waals surface area (Å²) in [7, 11) is 0. The Morgan fingerprint density at radius 1 is 0.900 bits per heavy atom. The number of nitrogens with one attached hydrogen (secondary N) is 4. The quantitative estimate of drug-likeness (QED) is 0.203. The Morgan fingerprint density at radius 2 is 1.73 bits per heavy atom. The molecule has 2 amide bonds. The minimum Gasteiger partial charge on any atom is -0.349 e. The summed E-state index contributed by atoms with van der Waals surface area (Å²) in [6.45, 7) is 0. The van der Waals surface area contributed by atoms with E-state index >= 15 is 0 Å². The maximum absolute atomic E-state index is 13.3. The van der Waals surface area contributed by atoms with Gasteiger partial charge in [-0.3, -0.25) is 19.9 Å². The van der Waals surface area contributed by atoms with E-state index in [2.05, 4.69) is 35.6 Å². The van der Waals surface area contributed by atoms with Crippen LogP contribution in [0.5, 0.6) is 0 Å². The SMILES string of the molecule is O=C(CC(CCc1ccccc1)NC(=O)c1ccc2nc(-c3cc4ccccc4cn3)[nH]c2c1)Nc1ncc[nH]1. The summed E-state index contributed by atoms with van der Waals surface area (Å²) in [5, 5.41) is 7.93. The fourth-order valence-corrected chi connectivity index (χ4v) is 4.71. The Kier molecular flexibility index (Phi) is 7.00. The first-order chi connectivity index (χ1) is 19.6. The summed E-state index contributed by atoms with van der Waals surface area (Å²) >= 11 is 0. The van der Waals surface area contributed by atoms with Crippen LogP contribution in [0.25, 0.3) is 33.3 Å². The highest BCUT2D eigenvalue weighted by molar-refractivity contribution is 5.98. The van der Waals surface area contributed by atoms with Gasteiger partial charge in [-0.25, -0.2) is 9.97 Å². The lowest BCUT2D eigenvalue weighted by atomic mass is 10.0. The van der Waals surface area contributed by atoms with E-state index in [-0.39, 0.29) is 24.3 Å². The van der Waals surface area contributed by atoms with Crippen LogP contribution in [-0.4, -0.2) is 42.8 Å². The molecule has 6 aromatic rings. The number of fused-ring (bicyclic) bond motifs is 2. The molecule has 0 radical (unpaired) electrons. The molecule has 0 saturated carbocycles. The number of amides is 2. The number of hydrogen-bond donors (Lipinski definition) is 4. The molecule has 3 aromatic heterocycles. The number of nitrogens with zero attached hydrogens (tertiary/aromatic N) is 3. The number of anilines is 1. The van der Waals surface area contributed by atoms with Crippen molar-refractivity contribution in [3.8, 4) is 11.5 Å². The van der Waals surface area contributed by atoms with Crippen molar-refractivity contribution in [2.24, 2.45) is 0 Å². The third kappa shape index (κ3) is 5.73. The number of carbonyl (C=O) groups is 2. The number of H-pyrrole nitrogens is 2. The molecule has 1 unspecified atom stereocenters. The first kappa shape index (κ1) is 25.0. The van der Waals surface area contributed by atoms with Gasteiger partial charge in [-0.05, 0) is 48.1 Å². The number of aromatic amines is 2. The summed E-state index contributed by atoms with van der Waals surface area (Å²) in [4.78, 5) is 45.5. The van der Waals surface area contributed by atoms with Crippen LogP contribution >= 0.6 is 0 Å². The van der Waals surface area contributed by atoms with Crippen molar-refractivity contribution in [2.75, 3.05) is 5.32 Å². The Morgan fingerprint density at radius 3 is 2.55 bits per heavy atom. The van der Waals surface area contributed by atoms with Crippen molar-refractivity contribution >= 4 is 39.6 Å². The zero-order valence-corrected chi connectivity index (χ0v) is 21.6. The van der Waals surface area contributed by atoms with Gasteiger partial charge in [0.2, 0.25) is 11.9 Å². The molecule has 9 nitrogen and oxygen atoms in total. The smallest absolute Gasteiger partial charge is 0.251 e.